The van der Waals surface area contributed by atoms with Crippen LogP contribution in [0.5, 0.6) is 5.75 Å². The highest BCUT2D eigenvalue weighted by Gasteiger charge is 2.20. The molecule has 0 aromatic heterocycles. The quantitative estimate of drug-likeness (QED) is 0.226. The molecule has 9 heteroatoms. The first-order valence-electron chi connectivity index (χ1n) is 15.4. The Morgan fingerprint density at radius 1 is 0.889 bits per heavy atom. The maximum absolute atomic E-state index is 15.9. The summed E-state index contributed by atoms with van der Waals surface area (Å²) >= 11 is 0. The summed E-state index contributed by atoms with van der Waals surface area (Å²) in [6.07, 6.45) is 0.412. The molecule has 1 heterocycles. The Hall–Kier alpha value is -3.95. The second-order valence-corrected chi connectivity index (χ2v) is 13.3. The number of halogens is 1. The van der Waals surface area contributed by atoms with Crippen molar-refractivity contribution in [2.24, 2.45) is 0 Å². The van der Waals surface area contributed by atoms with Crippen molar-refractivity contribution in [1.82, 2.24) is 10.6 Å². The van der Waals surface area contributed by atoms with Crippen molar-refractivity contribution < 1.29 is 32.9 Å². The average Bonchev–Trinajstić information content (AvgIpc) is 3.47. The highest BCUT2D eigenvalue weighted by Crippen LogP contribution is 2.29. The van der Waals surface area contributed by atoms with Gasteiger partial charge in [-0.3, -0.25) is 4.79 Å². The predicted octanol–water partition coefficient (Wildman–Crippen LogP) is 6.86. The number of esters is 1. The topological polar surface area (TPSA) is 95.1 Å². The van der Waals surface area contributed by atoms with Crippen molar-refractivity contribution in [3.05, 3.63) is 88.7 Å². The van der Waals surface area contributed by atoms with Gasteiger partial charge in [-0.1, -0.05) is 42.5 Å². The molecule has 1 unspecified atom stereocenters. The fraction of sp³-hybridized carbons (Fsp3) is 0.444. The van der Waals surface area contributed by atoms with E-state index in [2.05, 4.69) is 10.6 Å². The lowest BCUT2D eigenvalue weighted by Crippen LogP contribution is -2.32. The van der Waals surface area contributed by atoms with E-state index < -0.39 is 23.1 Å². The molecule has 0 bridgehead atoms. The standard InChI is InChI=1S/C36H45FN2O6/c1-35(2,3)44-32(40)19-26-10-7-8-13-31(26)43-22-25-16-24(20-38-29-14-15-42-23-29)17-28(18-25)30-12-9-11-27(33(30)37)21-39-34(41)45-36(4,5)6/h7-13,16-18,29,38H,14-15,19-23H2,1-6H3,(H,39,41). The molecule has 1 aliphatic heterocycles. The zero-order valence-electron chi connectivity index (χ0n) is 27.1. The van der Waals surface area contributed by atoms with Crippen LogP contribution in [0.15, 0.2) is 60.7 Å². The summed E-state index contributed by atoms with van der Waals surface area (Å²) in [7, 11) is 0. The molecular formula is C36H45FN2O6. The zero-order valence-corrected chi connectivity index (χ0v) is 27.1. The van der Waals surface area contributed by atoms with Gasteiger partial charge in [0.1, 0.15) is 29.4 Å². The van der Waals surface area contributed by atoms with Gasteiger partial charge in [0.05, 0.1) is 13.0 Å². The van der Waals surface area contributed by atoms with Crippen LogP contribution in [0, 0.1) is 5.82 Å². The molecule has 1 amide bonds. The minimum absolute atomic E-state index is 0.0120. The van der Waals surface area contributed by atoms with Crippen LogP contribution in [0.4, 0.5) is 9.18 Å². The van der Waals surface area contributed by atoms with Gasteiger partial charge in [-0.05, 0) is 82.9 Å². The number of carbonyl (C=O) groups is 2. The van der Waals surface area contributed by atoms with Gasteiger partial charge in [0.15, 0.2) is 0 Å². The van der Waals surface area contributed by atoms with E-state index in [1.165, 1.54) is 0 Å². The number of carbonyl (C=O) groups excluding carboxylic acids is 2. The average molecular weight is 621 g/mol. The van der Waals surface area contributed by atoms with Crippen LogP contribution in [0.1, 0.15) is 70.2 Å². The number of para-hydroxylation sites is 1. The van der Waals surface area contributed by atoms with Crippen molar-refractivity contribution in [3.63, 3.8) is 0 Å². The smallest absolute Gasteiger partial charge is 0.407 e. The number of hydrogen-bond acceptors (Lipinski definition) is 7. The normalized spacial score (nSPS) is 15.0. The molecular weight excluding hydrogens is 575 g/mol. The first kappa shape index (κ1) is 33.9. The molecule has 242 valence electrons. The van der Waals surface area contributed by atoms with Gasteiger partial charge in [0, 0.05) is 42.4 Å². The molecule has 3 aromatic rings. The Morgan fingerprint density at radius 2 is 1.60 bits per heavy atom. The second kappa shape index (κ2) is 14.9. The number of amides is 1. The minimum atomic E-state index is -0.654. The fourth-order valence-electron chi connectivity index (χ4n) is 4.97. The summed E-state index contributed by atoms with van der Waals surface area (Å²) in [4.78, 5) is 24.7. The summed E-state index contributed by atoms with van der Waals surface area (Å²) in [6.45, 7) is 13.0. The number of nitrogens with one attached hydrogen (secondary N) is 2. The van der Waals surface area contributed by atoms with Crippen LogP contribution in [0.2, 0.25) is 0 Å². The lowest BCUT2D eigenvalue weighted by atomic mass is 9.97. The summed E-state index contributed by atoms with van der Waals surface area (Å²) in [5.41, 5.74) is 2.75. The van der Waals surface area contributed by atoms with E-state index in [0.717, 1.165) is 29.7 Å². The molecule has 1 fully saturated rings. The molecule has 1 saturated heterocycles. The highest BCUT2D eigenvalue weighted by molar-refractivity contribution is 5.74. The summed E-state index contributed by atoms with van der Waals surface area (Å²) in [6, 6.07) is 18.7. The largest absolute Gasteiger partial charge is 0.489 e. The number of benzene rings is 3. The fourth-order valence-corrected chi connectivity index (χ4v) is 4.97. The lowest BCUT2D eigenvalue weighted by molar-refractivity contribution is -0.153. The molecule has 45 heavy (non-hydrogen) atoms. The van der Waals surface area contributed by atoms with Crippen molar-refractivity contribution in [2.75, 3.05) is 13.2 Å². The summed E-state index contributed by atoms with van der Waals surface area (Å²) in [5.74, 6) is -0.170. The molecule has 0 aliphatic carbocycles. The maximum Gasteiger partial charge on any atom is 0.407 e. The lowest BCUT2D eigenvalue weighted by Gasteiger charge is -2.20. The Labute approximate surface area is 265 Å². The van der Waals surface area contributed by atoms with Crippen LogP contribution < -0.4 is 15.4 Å². The molecule has 8 nitrogen and oxygen atoms in total. The molecule has 1 atom stereocenters. The van der Waals surface area contributed by atoms with Crippen molar-refractivity contribution in [3.8, 4) is 16.9 Å². The molecule has 2 N–H and O–H groups in total. The van der Waals surface area contributed by atoms with Crippen LogP contribution >= 0.6 is 0 Å². The van der Waals surface area contributed by atoms with Crippen LogP contribution in [0.3, 0.4) is 0 Å². The van der Waals surface area contributed by atoms with Gasteiger partial charge >= 0.3 is 12.1 Å². The first-order chi connectivity index (χ1) is 21.3. The maximum atomic E-state index is 15.9. The van der Waals surface area contributed by atoms with E-state index in [4.69, 9.17) is 18.9 Å². The number of rotatable bonds is 11. The van der Waals surface area contributed by atoms with Crippen molar-refractivity contribution >= 4 is 12.1 Å². The van der Waals surface area contributed by atoms with Crippen molar-refractivity contribution in [1.29, 1.82) is 0 Å². The second-order valence-electron chi connectivity index (χ2n) is 13.3. The number of hydrogen-bond donors (Lipinski definition) is 2. The van der Waals surface area contributed by atoms with Crippen LogP contribution in [-0.2, 0) is 45.1 Å². The Morgan fingerprint density at radius 3 is 2.31 bits per heavy atom. The highest BCUT2D eigenvalue weighted by atomic mass is 19.1. The number of ether oxygens (including phenoxy) is 4. The van der Waals surface area contributed by atoms with Crippen molar-refractivity contribution in [2.45, 2.75) is 91.3 Å². The van der Waals surface area contributed by atoms with E-state index in [1.807, 2.05) is 63.2 Å². The van der Waals surface area contributed by atoms with Gasteiger partial charge in [0.25, 0.3) is 0 Å². The van der Waals surface area contributed by atoms with Gasteiger partial charge in [-0.15, -0.1) is 0 Å². The van der Waals surface area contributed by atoms with E-state index >= 15 is 4.39 Å². The molecule has 1 aliphatic rings. The summed E-state index contributed by atoms with van der Waals surface area (Å²) in [5, 5.41) is 6.17. The Bertz CT molecular complexity index is 1470. The van der Waals surface area contributed by atoms with Crippen LogP contribution in [0.25, 0.3) is 11.1 Å². The minimum Gasteiger partial charge on any atom is -0.489 e. The van der Waals surface area contributed by atoms with Gasteiger partial charge in [-0.25, -0.2) is 9.18 Å². The predicted molar refractivity (Wildman–Crippen MR) is 171 cm³/mol. The Kier molecular flexibility index (Phi) is 11.2. The monoisotopic (exact) mass is 620 g/mol. The van der Waals surface area contributed by atoms with Gasteiger partial charge in [-0.2, -0.15) is 0 Å². The van der Waals surface area contributed by atoms with E-state index in [9.17, 15) is 9.59 Å². The molecule has 0 spiro atoms. The SMILES string of the molecule is CC(C)(C)OC(=O)Cc1ccccc1OCc1cc(CNC2CCOC2)cc(-c2cccc(CNC(=O)OC(C)(C)C)c2F)c1. The van der Waals surface area contributed by atoms with Gasteiger partial charge < -0.3 is 29.6 Å². The Balaban J connectivity index is 1.56. The third kappa shape index (κ3) is 10.9. The zero-order chi connectivity index (χ0) is 32.6. The van der Waals surface area contributed by atoms with E-state index in [1.54, 1.807) is 39.0 Å². The molecule has 0 saturated carbocycles. The van der Waals surface area contributed by atoms with Gasteiger partial charge in [0.2, 0.25) is 0 Å². The molecule has 3 aromatic carbocycles. The molecule has 4 rings (SSSR count). The number of alkyl carbamates (subject to hydrolysis) is 1. The van der Waals surface area contributed by atoms with E-state index in [-0.39, 0.29) is 31.6 Å². The first-order valence-corrected chi connectivity index (χ1v) is 15.4. The third-order valence-electron chi connectivity index (χ3n) is 6.91. The summed E-state index contributed by atoms with van der Waals surface area (Å²) < 4.78 is 38.4. The molecule has 0 radical (unpaired) electrons. The van der Waals surface area contributed by atoms with E-state index in [0.29, 0.717) is 35.6 Å². The third-order valence-corrected chi connectivity index (χ3v) is 6.91. The van der Waals surface area contributed by atoms with Crippen LogP contribution in [-0.4, -0.2) is 42.5 Å².